The number of nitriles is 5. The summed E-state index contributed by atoms with van der Waals surface area (Å²) in [6.07, 6.45) is 3.20. The lowest BCUT2D eigenvalue weighted by Crippen LogP contribution is -2.26. The fourth-order valence-electron chi connectivity index (χ4n) is 13.9. The van der Waals surface area contributed by atoms with E-state index in [2.05, 4.69) is 177 Å². The van der Waals surface area contributed by atoms with E-state index >= 15 is 0 Å². The Hall–Kier alpha value is -17.4. The number of benzene rings is 12. The lowest BCUT2D eigenvalue weighted by Gasteiger charge is -2.20. The number of methoxy groups -OCH3 is 2. The largest absolute Gasteiger partial charge is 0.523 e. The molecule has 3 heterocycles. The maximum Gasteiger partial charge on any atom is 0.523 e. The molecule has 35 nitrogen and oxygen atoms in total. The van der Waals surface area contributed by atoms with E-state index in [1.165, 1.54) is 49.1 Å². The fraction of sp³-hybridized carbons (Fsp3) is 0.183. The van der Waals surface area contributed by atoms with Gasteiger partial charge in [0.15, 0.2) is 26.3 Å². The van der Waals surface area contributed by atoms with Crippen molar-refractivity contribution in [2.24, 2.45) is 0 Å². The molecule has 0 bridgehead atoms. The minimum atomic E-state index is -5.93. The number of alkyl halides is 3. The molecule has 0 aliphatic carbocycles. The normalized spacial score (nSPS) is 10.8. The number of phenols is 2. The Morgan fingerprint density at radius 2 is 0.633 bits per heavy atom. The molecule has 15 aromatic rings. The Kier molecular flexibility index (Phi) is 43.1. The second-order valence-electron chi connectivity index (χ2n) is 32.9. The lowest BCUT2D eigenvalue weighted by molar-refractivity contribution is -0.0534. The van der Waals surface area contributed by atoms with Crippen molar-refractivity contribution in [2.75, 3.05) is 83.9 Å². The number of nitrogens with two attached hydrogens (primary N) is 2. The molecule has 0 fully saturated rings. The first kappa shape index (κ1) is 115. The molecule has 0 spiro atoms. The highest BCUT2D eigenvalue weighted by Gasteiger charge is 2.49. The molecule has 0 saturated carbocycles. The summed E-state index contributed by atoms with van der Waals surface area (Å²) in [4.78, 5) is 26.4. The SMILES string of the molecule is COCOc1cc(N)ccc1C#N.COCOc1cc(Nc2nccc(Nc3c(C)cc(C)cc3C)n2)ccc1C#N.Cc1cc(C)c(Nc2ccnc(Nc3ccc(C#N)c(O)c3)n2)c(C)c1.Cc1cc(C)c(Nc2ccnc(Nc3ccc(C#N)c(OCP(=O)(OCc4ccccc4)OCc4ccccc4)c3)n2)c(C)c1.N#Cc1ccc(N)cc1O.O=P(COS(=O)(=O)C(F)(F)F)(OCc1ccccc1)OCc1ccccc1. The highest BCUT2D eigenvalue weighted by atomic mass is 32.2. The average Bonchev–Trinajstić information content (AvgIpc) is 0.833. The van der Waals surface area contributed by atoms with E-state index in [9.17, 15) is 46.3 Å². The zero-order valence-corrected chi connectivity index (χ0v) is 86.0. The van der Waals surface area contributed by atoms with Crippen LogP contribution in [-0.4, -0.2) is 94.5 Å². The van der Waals surface area contributed by atoms with Crippen molar-refractivity contribution < 1.29 is 86.9 Å². The third-order valence-corrected chi connectivity index (χ3v) is 25.0. The molecule has 12 aromatic carbocycles. The lowest BCUT2D eigenvalue weighted by atomic mass is 10.1. The van der Waals surface area contributed by atoms with Crippen molar-refractivity contribution in [1.29, 1.82) is 26.3 Å². The molecule has 0 atom stereocenters. The smallest absolute Gasteiger partial charge is 0.506 e. The van der Waals surface area contributed by atoms with Gasteiger partial charge in [-0.15, -0.1) is 0 Å². The van der Waals surface area contributed by atoms with Crippen LogP contribution in [0.3, 0.4) is 0 Å². The summed E-state index contributed by atoms with van der Waals surface area (Å²) in [7, 11) is -11.0. The second-order valence-corrected chi connectivity index (χ2v) is 38.5. The van der Waals surface area contributed by atoms with E-state index in [0.29, 0.717) is 97.5 Å². The quantitative estimate of drug-likeness (QED) is 0.00573. The summed E-state index contributed by atoms with van der Waals surface area (Å²) in [5.41, 5.74) is 26.0. The summed E-state index contributed by atoms with van der Waals surface area (Å²) in [5, 5.41) is 83.1. The Labute approximate surface area is 867 Å². The maximum atomic E-state index is 13.9. The Morgan fingerprint density at radius 1 is 0.353 bits per heavy atom. The van der Waals surface area contributed by atoms with E-state index in [1.807, 2.05) is 84.9 Å². The van der Waals surface area contributed by atoms with Crippen LogP contribution in [0.4, 0.5) is 94.0 Å². The van der Waals surface area contributed by atoms with E-state index in [-0.39, 0.29) is 74.0 Å². The van der Waals surface area contributed by atoms with Gasteiger partial charge in [0.25, 0.3) is 0 Å². The topological polar surface area (TPSA) is 522 Å². The van der Waals surface area contributed by atoms with Gasteiger partial charge in [-0.1, -0.05) is 174 Å². The first-order valence-corrected chi connectivity index (χ1v) is 50.4. The summed E-state index contributed by atoms with van der Waals surface area (Å²) in [6, 6.07) is 87.7. The van der Waals surface area contributed by atoms with E-state index < -0.39 is 43.5 Å². The molecule has 41 heteroatoms. The van der Waals surface area contributed by atoms with Gasteiger partial charge in [0.2, 0.25) is 17.8 Å². The van der Waals surface area contributed by atoms with Gasteiger partial charge in [-0.3, -0.25) is 13.3 Å². The molecule has 0 aliphatic heterocycles. The van der Waals surface area contributed by atoms with Crippen LogP contribution in [0.5, 0.6) is 28.7 Å². The molecule has 12 N–H and O–H groups in total. The van der Waals surface area contributed by atoms with Crippen LogP contribution in [0.25, 0.3) is 0 Å². The molecule has 0 amide bonds. The molecule has 772 valence electrons. The number of anilines is 14. The fourth-order valence-corrected chi connectivity index (χ4v) is 17.2. The monoisotopic (exact) mass is 2090 g/mol. The molecule has 0 aliphatic rings. The second kappa shape index (κ2) is 56.4. The standard InChI is InChI=1S/C35H34N5O4P.C22H23N5O2.C20H19N5O.C16H16F3O6PS.C9H10N2O2.C7H6N2O/c1-25-18-26(2)34(27(3)19-25)39-33-16-17-37-35(40-33)38-31-15-14-30(21-36)32(20-31)42-24-45(41,43-22-28-10-6-4-7-11-28)44-23-29-12-8-5-9-13-29;1-14-9-15(2)21(16(3)10-14)26-20-7-8-24-22(27-20)25-18-6-5-17(12-23)19(11-18)29-13-28-4;1-12-8-13(2)19(14(3)9-12)24-18-6-7-22-20(25-18)23-16-5-4-15(11-21)17(26)10-16;17-16(18,19)27(21,22)25-13-26(20,23-11-14-7-3-1-4-8-14)24-12-15-9-5-2-6-10-15;1-12-6-13-9-4-8(11)3-2-7(9)5-10;8-4-5-1-2-6(9)3-7(5)10/h4-20H,22-24H2,1-3H3,(H2,37,38,39,40);5-11H,13H2,1-4H3,(H2,24,25,26,27);4-10,26H,1-3H3,(H2,22,23,24,25);1-10H,11-13H2;2-4H,6,11H2,1H3;1-3,10H,9H2. The highest BCUT2D eigenvalue weighted by Crippen LogP contribution is 2.52. The van der Waals surface area contributed by atoms with Gasteiger partial charge < -0.3 is 95.4 Å². The van der Waals surface area contributed by atoms with Crippen LogP contribution < -0.4 is 57.6 Å². The first-order valence-electron chi connectivity index (χ1n) is 45.6. The first-order chi connectivity index (χ1) is 71.9. The van der Waals surface area contributed by atoms with Crippen molar-refractivity contribution in [3.8, 4) is 59.1 Å². The van der Waals surface area contributed by atoms with E-state index in [1.54, 1.807) is 164 Å². The van der Waals surface area contributed by atoms with E-state index in [4.69, 9.17) is 74.1 Å². The molecule has 150 heavy (non-hydrogen) atoms. The number of nitrogens with one attached hydrogen (secondary N) is 6. The molecule has 15 rings (SSSR count). The van der Waals surface area contributed by atoms with Crippen molar-refractivity contribution in [1.82, 2.24) is 29.9 Å². The van der Waals surface area contributed by atoms with Gasteiger partial charge >= 0.3 is 30.8 Å². The Balaban J connectivity index is 0.000000194. The van der Waals surface area contributed by atoms with Gasteiger partial charge in [0, 0.05) is 109 Å². The number of aromatic nitrogens is 6. The molecule has 3 aromatic heterocycles. The molecule has 0 saturated heterocycles. The number of phenolic OH excluding ortho intramolecular Hbond substituents is 2. The van der Waals surface area contributed by atoms with Gasteiger partial charge in [-0.05, 0) is 197 Å². The van der Waals surface area contributed by atoms with Gasteiger partial charge in [-0.25, -0.2) is 15.0 Å². The number of aromatic hydroxyl groups is 2. The Morgan fingerprint density at radius 3 is 0.940 bits per heavy atom. The average molecular weight is 2090 g/mol. The molecular formula is C109H108F3N19O16P2S. The molecule has 0 unspecified atom stereocenters. The third-order valence-electron chi connectivity index (χ3n) is 20.9. The number of hydrogen-bond donors (Lipinski definition) is 10. The van der Waals surface area contributed by atoms with Crippen LogP contribution in [-0.2, 0) is 77.4 Å². The minimum Gasteiger partial charge on any atom is -0.506 e. The summed E-state index contributed by atoms with van der Waals surface area (Å²) in [5.74, 6) is 4.08. The Bertz CT molecular complexity index is 7400. The zero-order valence-electron chi connectivity index (χ0n) is 83.4. The predicted octanol–water partition coefficient (Wildman–Crippen LogP) is 24.3. The number of rotatable bonds is 36. The molecule has 0 radical (unpaired) electrons. The zero-order chi connectivity index (χ0) is 108. The summed E-state index contributed by atoms with van der Waals surface area (Å²) >= 11 is 0. The van der Waals surface area contributed by atoms with Crippen molar-refractivity contribution >= 4 is 106 Å². The van der Waals surface area contributed by atoms with Gasteiger partial charge in [0.05, 0.1) is 54.2 Å². The number of nitrogen functional groups attached to an aromatic ring is 2. The van der Waals surface area contributed by atoms with Gasteiger partial charge in [0.1, 0.15) is 76.5 Å². The van der Waals surface area contributed by atoms with Crippen LogP contribution >= 0.6 is 15.2 Å². The number of nitrogens with zero attached hydrogens (tertiary/aromatic N) is 11. The number of halogens is 3. The summed E-state index contributed by atoms with van der Waals surface area (Å²) in [6.45, 7) is 18.4. The maximum absolute atomic E-state index is 13.9. The number of hydrogen-bond acceptors (Lipinski definition) is 35. The van der Waals surface area contributed by atoms with Crippen molar-refractivity contribution in [2.45, 2.75) is 94.2 Å². The predicted molar refractivity (Wildman–Crippen MR) is 567 cm³/mol. The van der Waals surface area contributed by atoms with Crippen LogP contribution in [0, 0.1) is 119 Å². The number of aryl methyl sites for hydroxylation is 9. The van der Waals surface area contributed by atoms with Gasteiger partial charge in [-0.2, -0.15) is 62.9 Å². The molecular weight excluding hydrogens is 1980 g/mol. The summed E-state index contributed by atoms with van der Waals surface area (Å²) < 4.78 is 138. The van der Waals surface area contributed by atoms with Crippen molar-refractivity contribution in [3.63, 3.8) is 0 Å². The third kappa shape index (κ3) is 36.4. The number of ether oxygens (including phenoxy) is 5. The van der Waals surface area contributed by atoms with Crippen LogP contribution in [0.2, 0.25) is 0 Å². The van der Waals surface area contributed by atoms with Crippen LogP contribution in [0.15, 0.2) is 286 Å². The van der Waals surface area contributed by atoms with Crippen LogP contribution in [0.1, 0.15) is 100 Å². The van der Waals surface area contributed by atoms with Crippen molar-refractivity contribution in [3.05, 3.63) is 386 Å². The highest BCUT2D eigenvalue weighted by molar-refractivity contribution is 7.87. The minimum absolute atomic E-state index is 0.0588. The van der Waals surface area contributed by atoms with E-state index in [0.717, 1.165) is 61.6 Å².